The van der Waals surface area contributed by atoms with Crippen LogP contribution in [0.2, 0.25) is 5.02 Å². The van der Waals surface area contributed by atoms with Gasteiger partial charge in [-0.1, -0.05) is 66.1 Å². The molecule has 2 aromatic rings. The molecule has 0 aliphatic carbocycles. The Labute approximate surface area is 225 Å². The van der Waals surface area contributed by atoms with Crippen molar-refractivity contribution in [3.05, 3.63) is 70.7 Å². The minimum Gasteiger partial charge on any atom is -0.481 e. The second kappa shape index (κ2) is 12.0. The van der Waals surface area contributed by atoms with Gasteiger partial charge in [-0.3, -0.25) is 14.4 Å². The number of terminal acetylenes is 1. The Morgan fingerprint density at radius 3 is 2.50 bits per heavy atom. The standard InChI is InChI=1S/C27H28ClN5O5/c1-2-14-31-18-24(34)32-22(12-13-25(35)36)26(37)30(16-20-10-6-7-11-21(20)28)17-23(32)33(31)27(38)29-15-19-8-4-3-5-9-19/h1,3-11,22-23H,12-18H2,(H,29,38)(H,35,36)/t22-,23-/m0/s1. The quantitative estimate of drug-likeness (QED) is 0.499. The van der Waals surface area contributed by atoms with Gasteiger partial charge in [0.2, 0.25) is 11.8 Å². The van der Waals surface area contributed by atoms with E-state index in [4.69, 9.17) is 18.0 Å². The number of amides is 4. The molecule has 38 heavy (non-hydrogen) atoms. The molecule has 0 spiro atoms. The van der Waals surface area contributed by atoms with E-state index in [1.54, 1.807) is 24.3 Å². The maximum absolute atomic E-state index is 13.6. The van der Waals surface area contributed by atoms with Crippen LogP contribution in [-0.4, -0.2) is 80.6 Å². The van der Waals surface area contributed by atoms with E-state index in [9.17, 15) is 24.3 Å². The average molecular weight is 538 g/mol. The SMILES string of the molecule is C#CCN1CC(=O)N2[C@@H](CCC(=O)O)C(=O)N(Cc3ccccc3Cl)C[C@@H]2N1C(=O)NCc1ccccc1. The number of aliphatic carboxylic acids is 1. The summed E-state index contributed by atoms with van der Waals surface area (Å²) in [7, 11) is 0. The maximum atomic E-state index is 13.6. The lowest BCUT2D eigenvalue weighted by molar-refractivity contribution is -0.190. The van der Waals surface area contributed by atoms with E-state index in [1.807, 2.05) is 30.3 Å². The lowest BCUT2D eigenvalue weighted by atomic mass is 10.0. The summed E-state index contributed by atoms with van der Waals surface area (Å²) in [4.78, 5) is 54.7. The largest absolute Gasteiger partial charge is 0.481 e. The highest BCUT2D eigenvalue weighted by Gasteiger charge is 2.51. The van der Waals surface area contributed by atoms with E-state index in [0.717, 1.165) is 5.56 Å². The van der Waals surface area contributed by atoms with Crippen LogP contribution in [0.4, 0.5) is 4.79 Å². The third-order valence-corrected chi connectivity index (χ3v) is 6.92. The maximum Gasteiger partial charge on any atom is 0.334 e. The van der Waals surface area contributed by atoms with Gasteiger partial charge in [0.15, 0.2) is 0 Å². The van der Waals surface area contributed by atoms with Gasteiger partial charge >= 0.3 is 12.0 Å². The van der Waals surface area contributed by atoms with Crippen LogP contribution in [0, 0.1) is 12.3 Å². The molecule has 198 valence electrons. The van der Waals surface area contributed by atoms with Crippen LogP contribution in [0.25, 0.3) is 0 Å². The minimum absolute atomic E-state index is 0.000797. The molecule has 4 amide bonds. The van der Waals surface area contributed by atoms with Crippen molar-refractivity contribution < 1.29 is 24.3 Å². The molecule has 2 fully saturated rings. The number of nitrogens with zero attached hydrogens (tertiary/aromatic N) is 4. The van der Waals surface area contributed by atoms with Gasteiger partial charge in [-0.2, -0.15) is 5.01 Å². The number of halogens is 1. The molecule has 0 radical (unpaired) electrons. The first-order valence-electron chi connectivity index (χ1n) is 12.1. The van der Waals surface area contributed by atoms with Crippen molar-refractivity contribution in [2.24, 2.45) is 0 Å². The monoisotopic (exact) mass is 537 g/mol. The molecule has 2 aromatic carbocycles. The first kappa shape index (κ1) is 27.0. The van der Waals surface area contributed by atoms with E-state index in [-0.39, 0.29) is 45.6 Å². The lowest BCUT2D eigenvalue weighted by Crippen LogP contribution is -2.76. The molecule has 0 saturated carbocycles. The zero-order valence-electron chi connectivity index (χ0n) is 20.6. The van der Waals surface area contributed by atoms with Gasteiger partial charge in [0.05, 0.1) is 19.6 Å². The Balaban J connectivity index is 1.67. The molecule has 0 bridgehead atoms. The molecule has 4 rings (SSSR count). The van der Waals surface area contributed by atoms with Crippen molar-refractivity contribution >= 4 is 35.4 Å². The van der Waals surface area contributed by atoms with Crippen molar-refractivity contribution in [1.29, 1.82) is 0 Å². The van der Waals surface area contributed by atoms with Gasteiger partial charge in [-0.05, 0) is 23.6 Å². The number of carbonyl (C=O) groups is 4. The molecule has 2 aliphatic heterocycles. The molecule has 0 aromatic heterocycles. The summed E-state index contributed by atoms with van der Waals surface area (Å²) in [6.07, 6.45) is 4.26. The number of benzene rings is 2. The van der Waals surface area contributed by atoms with Gasteiger partial charge in [0.1, 0.15) is 12.2 Å². The second-order valence-electron chi connectivity index (χ2n) is 9.06. The summed E-state index contributed by atoms with van der Waals surface area (Å²) in [5.74, 6) is 0.598. The van der Waals surface area contributed by atoms with Gasteiger partial charge in [0.25, 0.3) is 0 Å². The summed E-state index contributed by atoms with van der Waals surface area (Å²) >= 11 is 6.35. The van der Waals surface area contributed by atoms with Crippen LogP contribution in [0.3, 0.4) is 0 Å². The average Bonchev–Trinajstić information content (AvgIpc) is 2.89. The highest BCUT2D eigenvalue weighted by atomic mass is 35.5. The van der Waals surface area contributed by atoms with Gasteiger partial charge < -0.3 is 20.2 Å². The summed E-state index contributed by atoms with van der Waals surface area (Å²) in [5.41, 5.74) is 1.57. The van der Waals surface area contributed by atoms with Gasteiger partial charge in [-0.25, -0.2) is 9.80 Å². The number of rotatable bonds is 8. The molecule has 2 saturated heterocycles. The number of urea groups is 1. The van der Waals surface area contributed by atoms with Crippen molar-refractivity contribution in [3.8, 4) is 12.3 Å². The Kier molecular flexibility index (Phi) is 8.51. The Morgan fingerprint density at radius 1 is 1.11 bits per heavy atom. The molecular formula is C27H28ClN5O5. The van der Waals surface area contributed by atoms with Crippen molar-refractivity contribution in [2.45, 2.75) is 38.1 Å². The number of carbonyl (C=O) groups excluding carboxylic acids is 3. The van der Waals surface area contributed by atoms with Gasteiger partial charge in [-0.15, -0.1) is 6.42 Å². The van der Waals surface area contributed by atoms with Crippen LogP contribution >= 0.6 is 11.6 Å². The van der Waals surface area contributed by atoms with Crippen molar-refractivity contribution in [2.75, 3.05) is 19.6 Å². The number of carboxylic acid groups (broad SMARTS) is 1. The van der Waals surface area contributed by atoms with Crippen LogP contribution in [0.15, 0.2) is 54.6 Å². The molecular weight excluding hydrogens is 510 g/mol. The summed E-state index contributed by atoms with van der Waals surface area (Å²) in [6, 6.07) is 14.9. The molecule has 10 nitrogen and oxygen atoms in total. The zero-order chi connectivity index (χ0) is 27.2. The Hall–Kier alpha value is -4.07. The fourth-order valence-electron chi connectivity index (χ4n) is 4.80. The number of fused-ring (bicyclic) bond motifs is 1. The number of nitrogens with one attached hydrogen (secondary N) is 1. The van der Waals surface area contributed by atoms with Crippen LogP contribution < -0.4 is 5.32 Å². The Morgan fingerprint density at radius 2 is 1.82 bits per heavy atom. The summed E-state index contributed by atoms with van der Waals surface area (Å²) in [6.45, 7) is 0.147. The number of piperazine rings is 1. The number of hydrogen-bond acceptors (Lipinski definition) is 5. The third kappa shape index (κ3) is 5.90. The summed E-state index contributed by atoms with van der Waals surface area (Å²) < 4.78 is 0. The number of hydrazine groups is 1. The molecule has 0 unspecified atom stereocenters. The van der Waals surface area contributed by atoms with Gasteiger partial charge in [0, 0.05) is 24.5 Å². The van der Waals surface area contributed by atoms with Crippen molar-refractivity contribution in [3.63, 3.8) is 0 Å². The first-order chi connectivity index (χ1) is 18.3. The zero-order valence-corrected chi connectivity index (χ0v) is 21.4. The normalized spacial score (nSPS) is 19.6. The topological polar surface area (TPSA) is 114 Å². The van der Waals surface area contributed by atoms with Crippen LogP contribution in [-0.2, 0) is 27.5 Å². The molecule has 2 aliphatic rings. The van der Waals surface area contributed by atoms with E-state index in [1.165, 1.54) is 19.8 Å². The highest BCUT2D eigenvalue weighted by molar-refractivity contribution is 6.31. The predicted molar refractivity (Wildman–Crippen MR) is 139 cm³/mol. The Bertz CT molecular complexity index is 1250. The number of hydrogen-bond donors (Lipinski definition) is 2. The fourth-order valence-corrected chi connectivity index (χ4v) is 5.00. The van der Waals surface area contributed by atoms with E-state index >= 15 is 0 Å². The molecule has 11 heteroatoms. The minimum atomic E-state index is -1.09. The third-order valence-electron chi connectivity index (χ3n) is 6.55. The highest BCUT2D eigenvalue weighted by Crippen LogP contribution is 2.30. The second-order valence-corrected chi connectivity index (χ2v) is 9.46. The molecule has 2 N–H and O–H groups in total. The van der Waals surface area contributed by atoms with E-state index in [0.29, 0.717) is 10.6 Å². The fraction of sp³-hybridized carbons (Fsp3) is 0.333. The summed E-state index contributed by atoms with van der Waals surface area (Å²) in [5, 5.41) is 15.5. The van der Waals surface area contributed by atoms with Crippen LogP contribution in [0.5, 0.6) is 0 Å². The van der Waals surface area contributed by atoms with Crippen molar-refractivity contribution in [1.82, 2.24) is 25.1 Å². The molecule has 2 heterocycles. The molecule has 2 atom stereocenters. The van der Waals surface area contributed by atoms with Crippen LogP contribution in [0.1, 0.15) is 24.0 Å². The smallest absolute Gasteiger partial charge is 0.334 e. The first-order valence-corrected chi connectivity index (χ1v) is 12.5. The van der Waals surface area contributed by atoms with E-state index < -0.39 is 36.0 Å². The predicted octanol–water partition coefficient (Wildman–Crippen LogP) is 2.15. The lowest BCUT2D eigenvalue weighted by Gasteiger charge is -2.54. The number of carboxylic acids is 1. The van der Waals surface area contributed by atoms with E-state index in [2.05, 4.69) is 11.2 Å².